The third kappa shape index (κ3) is 1.96. The molecule has 84 valence electrons. The summed E-state index contributed by atoms with van der Waals surface area (Å²) in [5.41, 5.74) is 2.73. The SMILES string of the molecule is Cc1ccc(C)c(-n2ccc(C(F)F)n2)c1. The van der Waals surface area contributed by atoms with Crippen LogP contribution in [0.5, 0.6) is 0 Å². The van der Waals surface area contributed by atoms with E-state index in [-0.39, 0.29) is 5.69 Å². The number of nitrogens with zero attached hydrogens (tertiary/aromatic N) is 2. The Morgan fingerprint density at radius 1 is 1.19 bits per heavy atom. The van der Waals surface area contributed by atoms with E-state index in [0.717, 1.165) is 16.8 Å². The minimum atomic E-state index is -2.52. The van der Waals surface area contributed by atoms with Gasteiger partial charge in [0.05, 0.1) is 5.69 Å². The van der Waals surface area contributed by atoms with Crippen molar-refractivity contribution in [2.75, 3.05) is 0 Å². The van der Waals surface area contributed by atoms with Crippen molar-refractivity contribution >= 4 is 0 Å². The molecule has 1 aromatic carbocycles. The van der Waals surface area contributed by atoms with E-state index in [1.807, 2.05) is 32.0 Å². The molecular weight excluding hydrogens is 210 g/mol. The number of halogens is 2. The summed E-state index contributed by atoms with van der Waals surface area (Å²) in [5, 5.41) is 3.85. The van der Waals surface area contributed by atoms with E-state index < -0.39 is 6.43 Å². The van der Waals surface area contributed by atoms with Gasteiger partial charge in [0.15, 0.2) is 0 Å². The van der Waals surface area contributed by atoms with Gasteiger partial charge in [-0.2, -0.15) is 5.10 Å². The molecule has 0 aliphatic heterocycles. The quantitative estimate of drug-likeness (QED) is 0.761. The molecule has 0 saturated carbocycles. The lowest BCUT2D eigenvalue weighted by atomic mass is 10.1. The third-order valence-corrected chi connectivity index (χ3v) is 2.44. The predicted molar refractivity (Wildman–Crippen MR) is 58.0 cm³/mol. The molecule has 0 bridgehead atoms. The first-order chi connectivity index (χ1) is 7.58. The molecule has 4 heteroatoms. The van der Waals surface area contributed by atoms with Crippen LogP contribution in [0.15, 0.2) is 30.5 Å². The Kier molecular flexibility index (Phi) is 2.73. The van der Waals surface area contributed by atoms with Gasteiger partial charge in [-0.3, -0.25) is 0 Å². The predicted octanol–water partition coefficient (Wildman–Crippen LogP) is 3.43. The van der Waals surface area contributed by atoms with Gasteiger partial charge in [-0.25, -0.2) is 13.5 Å². The molecule has 1 aromatic heterocycles. The van der Waals surface area contributed by atoms with Crippen molar-refractivity contribution in [2.45, 2.75) is 20.3 Å². The highest BCUT2D eigenvalue weighted by Gasteiger charge is 2.11. The van der Waals surface area contributed by atoms with Gasteiger partial charge in [0.25, 0.3) is 6.43 Å². The van der Waals surface area contributed by atoms with Crippen LogP contribution >= 0.6 is 0 Å². The summed E-state index contributed by atoms with van der Waals surface area (Å²) < 4.78 is 26.3. The Labute approximate surface area is 92.5 Å². The fourth-order valence-electron chi connectivity index (χ4n) is 1.55. The Morgan fingerprint density at radius 3 is 2.56 bits per heavy atom. The number of hydrogen-bond donors (Lipinski definition) is 0. The molecule has 0 saturated heterocycles. The van der Waals surface area contributed by atoms with Crippen LogP contribution in [0.3, 0.4) is 0 Å². The number of aromatic nitrogens is 2. The summed E-state index contributed by atoms with van der Waals surface area (Å²) in [5.74, 6) is 0. The van der Waals surface area contributed by atoms with Crippen molar-refractivity contribution in [1.82, 2.24) is 9.78 Å². The molecule has 0 aliphatic carbocycles. The normalized spacial score (nSPS) is 11.1. The Hall–Kier alpha value is -1.71. The second kappa shape index (κ2) is 4.04. The second-order valence-electron chi connectivity index (χ2n) is 3.78. The minimum Gasteiger partial charge on any atom is -0.240 e. The van der Waals surface area contributed by atoms with E-state index in [4.69, 9.17) is 0 Å². The number of benzene rings is 1. The zero-order valence-electron chi connectivity index (χ0n) is 9.11. The molecule has 2 rings (SSSR count). The van der Waals surface area contributed by atoms with Crippen LogP contribution in [0.4, 0.5) is 8.78 Å². The van der Waals surface area contributed by atoms with Gasteiger partial charge in [-0.05, 0) is 37.1 Å². The first-order valence-electron chi connectivity index (χ1n) is 4.99. The molecule has 0 radical (unpaired) electrons. The van der Waals surface area contributed by atoms with Gasteiger partial charge >= 0.3 is 0 Å². The smallest absolute Gasteiger partial charge is 0.240 e. The van der Waals surface area contributed by atoms with Crippen LogP contribution in [-0.4, -0.2) is 9.78 Å². The molecule has 0 amide bonds. The molecule has 2 aromatic rings. The molecule has 16 heavy (non-hydrogen) atoms. The molecular formula is C12H12F2N2. The van der Waals surface area contributed by atoms with Gasteiger partial charge in [-0.1, -0.05) is 12.1 Å². The number of rotatable bonds is 2. The van der Waals surface area contributed by atoms with Crippen LogP contribution in [-0.2, 0) is 0 Å². The highest BCUT2D eigenvalue weighted by molar-refractivity contribution is 5.42. The molecule has 1 heterocycles. The third-order valence-electron chi connectivity index (χ3n) is 2.44. The fraction of sp³-hybridized carbons (Fsp3) is 0.250. The van der Waals surface area contributed by atoms with Crippen molar-refractivity contribution < 1.29 is 8.78 Å². The van der Waals surface area contributed by atoms with Crippen molar-refractivity contribution in [3.05, 3.63) is 47.3 Å². The Balaban J connectivity index is 2.46. The molecule has 0 N–H and O–H groups in total. The maximum Gasteiger partial charge on any atom is 0.282 e. The van der Waals surface area contributed by atoms with Crippen LogP contribution < -0.4 is 0 Å². The van der Waals surface area contributed by atoms with Gasteiger partial charge in [0.2, 0.25) is 0 Å². The average molecular weight is 222 g/mol. The lowest BCUT2D eigenvalue weighted by Gasteiger charge is -2.06. The van der Waals surface area contributed by atoms with E-state index in [1.165, 1.54) is 10.7 Å². The summed E-state index contributed by atoms with van der Waals surface area (Å²) in [6, 6.07) is 7.20. The van der Waals surface area contributed by atoms with Gasteiger partial charge < -0.3 is 0 Å². The summed E-state index contributed by atoms with van der Waals surface area (Å²) in [4.78, 5) is 0. The summed E-state index contributed by atoms with van der Waals surface area (Å²) >= 11 is 0. The highest BCUT2D eigenvalue weighted by Crippen LogP contribution is 2.19. The first-order valence-corrected chi connectivity index (χ1v) is 4.99. The zero-order chi connectivity index (χ0) is 11.7. The standard InChI is InChI=1S/C12H12F2N2/c1-8-3-4-9(2)11(7-8)16-6-5-10(15-16)12(13)14/h3-7,12H,1-2H3. The van der Waals surface area contributed by atoms with Crippen LogP contribution in [0, 0.1) is 13.8 Å². The molecule has 0 fully saturated rings. The second-order valence-corrected chi connectivity index (χ2v) is 3.78. The maximum atomic E-state index is 12.4. The van der Waals surface area contributed by atoms with Crippen LogP contribution in [0.25, 0.3) is 5.69 Å². The molecule has 0 aliphatic rings. The van der Waals surface area contributed by atoms with Crippen molar-refractivity contribution in [3.63, 3.8) is 0 Å². The zero-order valence-corrected chi connectivity index (χ0v) is 9.11. The lowest BCUT2D eigenvalue weighted by molar-refractivity contribution is 0.145. The molecule has 2 nitrogen and oxygen atoms in total. The molecule has 0 spiro atoms. The topological polar surface area (TPSA) is 17.8 Å². The lowest BCUT2D eigenvalue weighted by Crippen LogP contribution is -1.99. The Bertz CT molecular complexity index is 503. The van der Waals surface area contributed by atoms with Gasteiger partial charge in [-0.15, -0.1) is 0 Å². The van der Waals surface area contributed by atoms with Crippen molar-refractivity contribution in [1.29, 1.82) is 0 Å². The first kappa shape index (κ1) is 10.8. The van der Waals surface area contributed by atoms with Crippen molar-refractivity contribution in [3.8, 4) is 5.69 Å². The average Bonchev–Trinajstić information content (AvgIpc) is 2.70. The van der Waals surface area contributed by atoms with E-state index in [2.05, 4.69) is 5.10 Å². The van der Waals surface area contributed by atoms with E-state index in [1.54, 1.807) is 6.20 Å². The highest BCUT2D eigenvalue weighted by atomic mass is 19.3. The van der Waals surface area contributed by atoms with Crippen molar-refractivity contribution in [2.24, 2.45) is 0 Å². The van der Waals surface area contributed by atoms with Gasteiger partial charge in [0.1, 0.15) is 5.69 Å². The molecule has 0 unspecified atom stereocenters. The summed E-state index contributed by atoms with van der Waals surface area (Å²) in [6.45, 7) is 3.89. The summed E-state index contributed by atoms with van der Waals surface area (Å²) in [6.07, 6.45) is -0.963. The van der Waals surface area contributed by atoms with E-state index in [9.17, 15) is 8.78 Å². The fourth-order valence-corrected chi connectivity index (χ4v) is 1.55. The van der Waals surface area contributed by atoms with Gasteiger partial charge in [0, 0.05) is 6.20 Å². The summed E-state index contributed by atoms with van der Waals surface area (Å²) in [7, 11) is 0. The minimum absolute atomic E-state index is 0.194. The Morgan fingerprint density at radius 2 is 1.94 bits per heavy atom. The van der Waals surface area contributed by atoms with E-state index in [0.29, 0.717) is 0 Å². The number of hydrogen-bond acceptors (Lipinski definition) is 1. The van der Waals surface area contributed by atoms with Crippen LogP contribution in [0.1, 0.15) is 23.2 Å². The largest absolute Gasteiger partial charge is 0.282 e. The molecule has 0 atom stereocenters. The maximum absolute atomic E-state index is 12.4. The number of aryl methyl sites for hydroxylation is 2. The monoisotopic (exact) mass is 222 g/mol. The van der Waals surface area contributed by atoms with Crippen LogP contribution in [0.2, 0.25) is 0 Å². The number of alkyl halides is 2. The van der Waals surface area contributed by atoms with E-state index >= 15 is 0 Å².